The predicted molar refractivity (Wildman–Crippen MR) is 84.3 cm³/mol. The smallest absolute Gasteiger partial charge is 0.261 e. The van der Waals surface area contributed by atoms with Gasteiger partial charge in [0.1, 0.15) is 5.82 Å². The van der Waals surface area contributed by atoms with E-state index in [-0.39, 0.29) is 26.6 Å². The van der Waals surface area contributed by atoms with Crippen molar-refractivity contribution < 1.29 is 12.8 Å². The van der Waals surface area contributed by atoms with Crippen molar-refractivity contribution in [3.8, 4) is 0 Å². The van der Waals surface area contributed by atoms with Crippen LogP contribution in [0.5, 0.6) is 0 Å². The second-order valence-corrected chi connectivity index (χ2v) is 7.15. The average molecular weight is 394 g/mol. The fraction of sp³-hybridized carbons (Fsp3) is 0.0769. The van der Waals surface area contributed by atoms with Crippen molar-refractivity contribution in [2.24, 2.45) is 5.73 Å². The van der Waals surface area contributed by atoms with Crippen molar-refractivity contribution in [2.75, 3.05) is 4.72 Å². The molecule has 0 saturated heterocycles. The van der Waals surface area contributed by atoms with Crippen LogP contribution in [0.4, 0.5) is 10.1 Å². The summed E-state index contributed by atoms with van der Waals surface area (Å²) in [5, 5.41) is -0.0413. The van der Waals surface area contributed by atoms with Crippen LogP contribution in [0.3, 0.4) is 0 Å². The summed E-state index contributed by atoms with van der Waals surface area (Å²) in [6, 6.07) is 8.37. The second-order valence-electron chi connectivity index (χ2n) is 4.20. The summed E-state index contributed by atoms with van der Waals surface area (Å²) in [4.78, 5) is 0.0535. The lowest BCUT2D eigenvalue weighted by atomic mass is 10.2. The lowest BCUT2D eigenvalue weighted by molar-refractivity contribution is 0.600. The molecule has 0 atom stereocenters. The summed E-state index contributed by atoms with van der Waals surface area (Å²) < 4.78 is 40.4. The zero-order chi connectivity index (χ0) is 15.6. The maximum atomic E-state index is 13.2. The van der Waals surface area contributed by atoms with Gasteiger partial charge in [0.2, 0.25) is 0 Å². The molecule has 0 aliphatic rings. The monoisotopic (exact) mass is 392 g/mol. The first-order valence-corrected chi connectivity index (χ1v) is 8.45. The summed E-state index contributed by atoms with van der Waals surface area (Å²) >= 11 is 8.95. The number of sulfonamides is 1. The maximum absolute atomic E-state index is 13.2. The van der Waals surface area contributed by atoms with E-state index in [4.69, 9.17) is 17.3 Å². The molecular weight excluding hydrogens is 383 g/mol. The minimum Gasteiger partial charge on any atom is -0.326 e. The van der Waals surface area contributed by atoms with E-state index in [0.717, 1.165) is 12.1 Å². The normalized spacial score (nSPS) is 11.4. The summed E-state index contributed by atoms with van der Waals surface area (Å²) in [5.74, 6) is -0.569. The van der Waals surface area contributed by atoms with Crippen LogP contribution in [0.2, 0.25) is 5.02 Å². The average Bonchev–Trinajstić information content (AvgIpc) is 2.43. The molecule has 4 nitrogen and oxygen atoms in total. The lowest BCUT2D eigenvalue weighted by Gasteiger charge is -2.12. The Bertz CT molecular complexity index is 760. The Kier molecular flexibility index (Phi) is 4.88. The fourth-order valence-electron chi connectivity index (χ4n) is 1.67. The third-order valence-electron chi connectivity index (χ3n) is 2.69. The molecule has 0 aliphatic heterocycles. The molecular formula is C13H11BrClFN2O2S. The van der Waals surface area contributed by atoms with Gasteiger partial charge >= 0.3 is 0 Å². The molecule has 0 saturated carbocycles. The van der Waals surface area contributed by atoms with E-state index >= 15 is 0 Å². The molecule has 112 valence electrons. The molecule has 2 aromatic rings. The van der Waals surface area contributed by atoms with E-state index in [2.05, 4.69) is 20.7 Å². The molecule has 0 amide bonds. The highest BCUT2D eigenvalue weighted by atomic mass is 79.9. The number of nitrogens with one attached hydrogen (secondary N) is 1. The summed E-state index contributed by atoms with van der Waals surface area (Å²) in [7, 11) is -3.85. The van der Waals surface area contributed by atoms with Crippen molar-refractivity contribution in [1.29, 1.82) is 0 Å². The predicted octanol–water partition coefficient (Wildman–Crippen LogP) is 3.50. The lowest BCUT2D eigenvalue weighted by Crippen LogP contribution is -2.14. The molecule has 21 heavy (non-hydrogen) atoms. The van der Waals surface area contributed by atoms with Crippen molar-refractivity contribution in [3.63, 3.8) is 0 Å². The van der Waals surface area contributed by atoms with Gasteiger partial charge in [0.05, 0.1) is 15.6 Å². The van der Waals surface area contributed by atoms with Gasteiger partial charge in [-0.05, 0) is 45.8 Å². The SMILES string of the molecule is NCc1cccc(S(=O)(=O)Nc2c(Cl)cc(F)cc2Br)c1. The van der Waals surface area contributed by atoms with Gasteiger partial charge in [-0.25, -0.2) is 12.8 Å². The molecule has 0 bridgehead atoms. The van der Waals surface area contributed by atoms with Crippen LogP contribution in [-0.2, 0) is 16.6 Å². The summed E-state index contributed by atoms with van der Waals surface area (Å²) in [5.41, 5.74) is 6.26. The molecule has 0 aromatic heterocycles. The topological polar surface area (TPSA) is 72.2 Å². The highest BCUT2D eigenvalue weighted by Gasteiger charge is 2.18. The minimum atomic E-state index is -3.85. The first kappa shape index (κ1) is 16.2. The Hall–Kier alpha value is -1.15. The van der Waals surface area contributed by atoms with Crippen LogP contribution in [0.1, 0.15) is 5.56 Å². The van der Waals surface area contributed by atoms with Crippen LogP contribution < -0.4 is 10.5 Å². The van der Waals surface area contributed by atoms with Crippen LogP contribution in [0.15, 0.2) is 45.8 Å². The Morgan fingerprint density at radius 3 is 2.62 bits per heavy atom. The Labute approximate surface area is 135 Å². The molecule has 2 rings (SSSR count). The van der Waals surface area contributed by atoms with E-state index in [1.165, 1.54) is 12.1 Å². The van der Waals surface area contributed by atoms with E-state index in [9.17, 15) is 12.8 Å². The Balaban J connectivity index is 2.42. The molecule has 0 spiro atoms. The maximum Gasteiger partial charge on any atom is 0.261 e. The number of nitrogens with two attached hydrogens (primary N) is 1. The van der Waals surface area contributed by atoms with Gasteiger partial charge < -0.3 is 5.73 Å². The summed E-state index contributed by atoms with van der Waals surface area (Å²) in [6.07, 6.45) is 0. The van der Waals surface area contributed by atoms with Gasteiger partial charge in [0.25, 0.3) is 10.0 Å². The number of halogens is 3. The molecule has 0 fully saturated rings. The molecule has 0 radical (unpaired) electrons. The largest absolute Gasteiger partial charge is 0.326 e. The van der Waals surface area contributed by atoms with Gasteiger partial charge in [-0.15, -0.1) is 0 Å². The molecule has 0 aliphatic carbocycles. The number of hydrogen-bond acceptors (Lipinski definition) is 3. The van der Waals surface area contributed by atoms with E-state index < -0.39 is 15.8 Å². The molecule has 3 N–H and O–H groups in total. The first-order chi connectivity index (χ1) is 9.83. The Morgan fingerprint density at radius 2 is 2.00 bits per heavy atom. The van der Waals surface area contributed by atoms with E-state index in [1.807, 2.05) is 0 Å². The van der Waals surface area contributed by atoms with Crippen LogP contribution in [-0.4, -0.2) is 8.42 Å². The second kappa shape index (κ2) is 6.31. The van der Waals surface area contributed by atoms with Gasteiger partial charge in [-0.3, -0.25) is 4.72 Å². The van der Waals surface area contributed by atoms with Crippen molar-refractivity contribution >= 4 is 43.2 Å². The molecule has 2 aromatic carbocycles. The quantitative estimate of drug-likeness (QED) is 0.835. The molecule has 0 unspecified atom stereocenters. The third-order valence-corrected chi connectivity index (χ3v) is 4.96. The first-order valence-electron chi connectivity index (χ1n) is 5.80. The van der Waals surface area contributed by atoms with Crippen molar-refractivity contribution in [1.82, 2.24) is 0 Å². The fourth-order valence-corrected chi connectivity index (χ4v) is 3.93. The number of anilines is 1. The van der Waals surface area contributed by atoms with Gasteiger partial charge in [-0.1, -0.05) is 23.7 Å². The minimum absolute atomic E-state index is 0.0413. The zero-order valence-electron chi connectivity index (χ0n) is 10.6. The zero-order valence-corrected chi connectivity index (χ0v) is 13.8. The standard InChI is InChI=1S/C13H11BrClFN2O2S/c14-11-5-9(16)6-12(15)13(11)18-21(19,20)10-3-1-2-8(4-10)7-17/h1-6,18H,7,17H2. The van der Waals surface area contributed by atoms with Gasteiger partial charge in [0, 0.05) is 11.0 Å². The summed E-state index contributed by atoms with van der Waals surface area (Å²) in [6.45, 7) is 0.227. The highest BCUT2D eigenvalue weighted by molar-refractivity contribution is 9.10. The van der Waals surface area contributed by atoms with Crippen LogP contribution in [0, 0.1) is 5.82 Å². The van der Waals surface area contributed by atoms with E-state index in [0.29, 0.717) is 5.56 Å². The van der Waals surface area contributed by atoms with Gasteiger partial charge in [-0.2, -0.15) is 0 Å². The number of rotatable bonds is 4. The number of benzene rings is 2. The van der Waals surface area contributed by atoms with Crippen LogP contribution >= 0.6 is 27.5 Å². The van der Waals surface area contributed by atoms with Gasteiger partial charge in [0.15, 0.2) is 0 Å². The van der Waals surface area contributed by atoms with E-state index in [1.54, 1.807) is 12.1 Å². The van der Waals surface area contributed by atoms with Crippen molar-refractivity contribution in [2.45, 2.75) is 11.4 Å². The Morgan fingerprint density at radius 1 is 1.29 bits per heavy atom. The third kappa shape index (κ3) is 3.74. The van der Waals surface area contributed by atoms with Crippen LogP contribution in [0.25, 0.3) is 0 Å². The molecule has 8 heteroatoms. The number of hydrogen-bond donors (Lipinski definition) is 2. The highest BCUT2D eigenvalue weighted by Crippen LogP contribution is 2.33. The molecule has 0 heterocycles. The van der Waals surface area contributed by atoms with Crippen molar-refractivity contribution in [3.05, 3.63) is 57.3 Å².